The van der Waals surface area contributed by atoms with Crippen LogP contribution in [-0.2, 0) is 18.6 Å². The molecule has 38 heavy (non-hydrogen) atoms. The van der Waals surface area contributed by atoms with Crippen LogP contribution in [0.3, 0.4) is 0 Å². The Morgan fingerprint density at radius 2 is 2.03 bits per heavy atom. The molecule has 0 aliphatic carbocycles. The molecule has 12 heteroatoms. The van der Waals surface area contributed by atoms with E-state index in [4.69, 9.17) is 23.8 Å². The van der Waals surface area contributed by atoms with Gasteiger partial charge < -0.3 is 14.6 Å². The molecule has 5 rings (SSSR count). The summed E-state index contributed by atoms with van der Waals surface area (Å²) < 4.78 is 56.2. The predicted octanol–water partition coefficient (Wildman–Crippen LogP) is 4.15. The fourth-order valence-corrected chi connectivity index (χ4v) is 3.97. The Morgan fingerprint density at radius 3 is 2.79 bits per heavy atom. The van der Waals surface area contributed by atoms with E-state index in [1.165, 1.54) is 16.8 Å². The van der Waals surface area contributed by atoms with Crippen molar-refractivity contribution in [2.45, 2.75) is 38.8 Å². The molecule has 0 aromatic carbocycles. The zero-order valence-electron chi connectivity index (χ0n) is 22.2. The minimum atomic E-state index is -2.91. The minimum Gasteiger partial charge on any atom is -0.485 e. The second-order valence-electron chi connectivity index (χ2n) is 8.96. The van der Waals surface area contributed by atoms with Crippen LogP contribution in [0.4, 0.5) is 8.78 Å². The molecule has 0 fully saturated rings. The number of aliphatic hydroxyl groups is 1. The van der Waals surface area contributed by atoms with Crippen molar-refractivity contribution in [1.29, 1.82) is 0 Å². The van der Waals surface area contributed by atoms with Crippen LogP contribution in [-0.4, -0.2) is 36.2 Å². The van der Waals surface area contributed by atoms with Crippen LogP contribution in [0.5, 0.6) is 11.6 Å². The number of fused-ring (bicyclic) bond motifs is 3. The molecule has 0 radical (unpaired) electrons. The van der Waals surface area contributed by atoms with Crippen LogP contribution in [0, 0.1) is 11.6 Å². The normalized spacial score (nSPS) is 14.3. The first-order valence-corrected chi connectivity index (χ1v) is 11.9. The molecule has 0 bridgehead atoms. The molecule has 0 amide bonds. The lowest BCUT2D eigenvalue weighted by Gasteiger charge is -2.22. The fourth-order valence-electron chi connectivity index (χ4n) is 3.79. The monoisotopic (exact) mass is 543 g/mol. The molecular weight excluding hydrogens is 520 g/mol. The smallest absolute Gasteiger partial charge is 0.280 e. The molecule has 0 unspecified atom stereocenters. The molecule has 5 heterocycles. The van der Waals surface area contributed by atoms with Crippen LogP contribution >= 0.6 is 11.6 Å². The summed E-state index contributed by atoms with van der Waals surface area (Å²) >= 11 is 6.36. The van der Waals surface area contributed by atoms with Gasteiger partial charge in [0.05, 0.1) is 32.6 Å². The molecule has 0 saturated heterocycles. The maximum absolute atomic E-state index is 14.3. The summed E-state index contributed by atoms with van der Waals surface area (Å²) in [7, 11) is 0. The van der Waals surface area contributed by atoms with Gasteiger partial charge in [-0.2, -0.15) is 0 Å². The summed E-state index contributed by atoms with van der Waals surface area (Å²) in [5.41, 5.74) is -1.01. The molecule has 1 aliphatic heterocycles. The van der Waals surface area contributed by atoms with Crippen molar-refractivity contribution in [3.8, 4) is 28.7 Å². The Bertz CT molecular complexity index is 1680. The Hall–Kier alpha value is -3.96. The first-order chi connectivity index (χ1) is 18.8. The van der Waals surface area contributed by atoms with Gasteiger partial charge in [-0.3, -0.25) is 14.8 Å². The molecule has 9 nitrogen and oxygen atoms in total. The Labute approximate surface area is 223 Å². The fraction of sp³-hybridized carbons (Fsp3) is 0.269. The van der Waals surface area contributed by atoms with Crippen molar-refractivity contribution < 1.29 is 26.1 Å². The third kappa shape index (κ3) is 5.07. The van der Waals surface area contributed by atoms with Crippen LogP contribution in [0.25, 0.3) is 17.1 Å². The van der Waals surface area contributed by atoms with Gasteiger partial charge in [0.2, 0.25) is 5.88 Å². The average molecular weight is 544 g/mol. The molecular formula is C26H22ClF2N5O4. The zero-order valence-corrected chi connectivity index (χ0v) is 21.0. The van der Waals surface area contributed by atoms with Gasteiger partial charge in [-0.05, 0) is 44.4 Å². The summed E-state index contributed by atoms with van der Waals surface area (Å²) in [4.78, 5) is 30.0. The van der Waals surface area contributed by atoms with Crippen molar-refractivity contribution in [2.24, 2.45) is 0 Å². The summed E-state index contributed by atoms with van der Waals surface area (Å²) in [5, 5.41) is 9.82. The number of halogens is 3. The van der Waals surface area contributed by atoms with E-state index in [0.29, 0.717) is 47.7 Å². The highest BCUT2D eigenvalue weighted by molar-refractivity contribution is 6.31. The van der Waals surface area contributed by atoms with Crippen molar-refractivity contribution in [3.63, 3.8) is 0 Å². The van der Waals surface area contributed by atoms with E-state index in [0.717, 1.165) is 0 Å². The lowest BCUT2D eigenvalue weighted by molar-refractivity contribution is 0.0688. The van der Waals surface area contributed by atoms with Gasteiger partial charge in [-0.1, -0.05) is 11.6 Å². The largest absolute Gasteiger partial charge is 0.485 e. The van der Waals surface area contributed by atoms with Crippen molar-refractivity contribution in [2.75, 3.05) is 6.61 Å². The third-order valence-electron chi connectivity index (χ3n) is 5.66. The van der Waals surface area contributed by atoms with Crippen molar-refractivity contribution in [3.05, 3.63) is 86.9 Å². The van der Waals surface area contributed by atoms with Crippen LogP contribution in [0.2, 0.25) is 5.02 Å². The molecule has 1 N–H and O–H groups in total. The highest BCUT2D eigenvalue weighted by Crippen LogP contribution is 2.32. The Balaban J connectivity index is 1.61. The number of nitrogens with zero attached hydrogens (tertiary/aromatic N) is 5. The van der Waals surface area contributed by atoms with Crippen LogP contribution in [0.15, 0.2) is 47.7 Å². The topological polar surface area (TPSA) is 112 Å². The van der Waals surface area contributed by atoms with E-state index >= 15 is 0 Å². The summed E-state index contributed by atoms with van der Waals surface area (Å²) in [5.74, 6) is -2.51. The molecule has 1 aliphatic rings. The lowest BCUT2D eigenvalue weighted by Crippen LogP contribution is -2.25. The van der Waals surface area contributed by atoms with E-state index in [1.807, 2.05) is 0 Å². The van der Waals surface area contributed by atoms with E-state index in [2.05, 4.69) is 19.9 Å². The summed E-state index contributed by atoms with van der Waals surface area (Å²) in [6.45, 7) is 0.410. The summed E-state index contributed by atoms with van der Waals surface area (Å²) in [6.07, 6.45) is 4.84. The number of aromatic nitrogens is 5. The van der Waals surface area contributed by atoms with Crippen LogP contribution in [0.1, 0.15) is 40.1 Å². The average Bonchev–Trinajstić information content (AvgIpc) is 2.87. The van der Waals surface area contributed by atoms with E-state index < -0.39 is 45.8 Å². The quantitative estimate of drug-likeness (QED) is 0.399. The number of pyridine rings is 3. The predicted molar refractivity (Wildman–Crippen MR) is 133 cm³/mol. The van der Waals surface area contributed by atoms with Gasteiger partial charge in [0.15, 0.2) is 11.6 Å². The van der Waals surface area contributed by atoms with Gasteiger partial charge >= 0.3 is 0 Å². The van der Waals surface area contributed by atoms with E-state index in [1.54, 1.807) is 32.2 Å². The molecule has 0 saturated carbocycles. The molecule has 0 spiro atoms. The second kappa shape index (κ2) is 10.1. The number of hydrogen-bond acceptors (Lipinski definition) is 8. The maximum atomic E-state index is 14.3. The molecule has 196 valence electrons. The van der Waals surface area contributed by atoms with E-state index in [-0.39, 0.29) is 18.3 Å². The van der Waals surface area contributed by atoms with Crippen molar-refractivity contribution in [1.82, 2.24) is 24.5 Å². The maximum Gasteiger partial charge on any atom is 0.280 e. The molecule has 4 aromatic heterocycles. The Kier molecular flexibility index (Phi) is 6.14. The Morgan fingerprint density at radius 1 is 1.21 bits per heavy atom. The third-order valence-corrected chi connectivity index (χ3v) is 6.00. The first-order valence-electron chi connectivity index (χ1n) is 12.5. The number of ether oxygens (including phenoxy) is 2. The summed E-state index contributed by atoms with van der Waals surface area (Å²) in [6, 6.07) is 4.92. The SMILES string of the molecule is [2H]C([2H])(Oc1cc2n(c(=O)c1Cl)-c1cc(-c3ccnc(C(C)(C)O)n3)ncc1CCCO2)c1ncc(F)cc1F. The minimum absolute atomic E-state index is 0.00861. The van der Waals surface area contributed by atoms with Gasteiger partial charge in [0.25, 0.3) is 5.56 Å². The second-order valence-corrected chi connectivity index (χ2v) is 9.34. The first kappa shape index (κ1) is 23.2. The number of aryl methyl sites for hydroxylation is 1. The zero-order chi connectivity index (χ0) is 28.8. The lowest BCUT2D eigenvalue weighted by atomic mass is 10.1. The number of hydrogen-bond donors (Lipinski definition) is 1. The highest BCUT2D eigenvalue weighted by Gasteiger charge is 2.24. The number of rotatable bonds is 5. The van der Waals surface area contributed by atoms with Crippen LogP contribution < -0.4 is 15.0 Å². The molecule has 0 atom stereocenters. The van der Waals surface area contributed by atoms with E-state index in [9.17, 15) is 18.7 Å². The van der Waals surface area contributed by atoms with Gasteiger partial charge in [-0.25, -0.2) is 23.3 Å². The van der Waals surface area contributed by atoms with Gasteiger partial charge in [-0.15, -0.1) is 0 Å². The van der Waals surface area contributed by atoms with Crippen molar-refractivity contribution >= 4 is 11.6 Å². The standard InChI is InChI=1S/C26H22ClF2N5O4/c1-26(2,36)25-30-6-5-17(33-25)18-9-20-14(11-31-18)4-3-7-37-22-10-21(23(27)24(35)34(20)22)38-13-19-16(29)8-15(28)12-32-19/h5-6,8-12,36H,3-4,7,13H2,1-2H3/i13D2. The molecule has 4 aromatic rings. The van der Waals surface area contributed by atoms with Gasteiger partial charge in [0.1, 0.15) is 34.4 Å². The van der Waals surface area contributed by atoms with Gasteiger partial charge in [0, 0.05) is 24.5 Å². The highest BCUT2D eigenvalue weighted by atomic mass is 35.5.